The summed E-state index contributed by atoms with van der Waals surface area (Å²) in [6.07, 6.45) is 1.49. The van der Waals surface area contributed by atoms with Gasteiger partial charge in [0.05, 0.1) is 0 Å². The minimum atomic E-state index is -1.13. The molecule has 2 radical (unpaired) electrons. The first-order chi connectivity index (χ1) is 3.35. The van der Waals surface area contributed by atoms with Crippen LogP contribution in [0.25, 0.3) is 0 Å². The number of rotatable bonds is 3. The van der Waals surface area contributed by atoms with Gasteiger partial charge in [-0.2, -0.15) is 0 Å². The average molecular weight is 100 g/mol. The van der Waals surface area contributed by atoms with Gasteiger partial charge in [0.1, 0.15) is 0 Å². The topological polar surface area (TPSA) is 43.4 Å². The minimum Gasteiger partial charge on any atom is -0.365 e. The zero-order chi connectivity index (χ0) is 5.70. The van der Waals surface area contributed by atoms with Crippen molar-refractivity contribution in [3.8, 4) is 0 Å². The van der Waals surface area contributed by atoms with E-state index in [2.05, 4.69) is 4.74 Å². The van der Waals surface area contributed by atoms with Gasteiger partial charge in [-0.1, -0.05) is 0 Å². The van der Waals surface area contributed by atoms with Crippen molar-refractivity contribution in [3.05, 3.63) is 0 Å². The van der Waals surface area contributed by atoms with E-state index in [-0.39, 0.29) is 0 Å². The fourth-order valence-corrected chi connectivity index (χ4v) is 0.120. The Morgan fingerprint density at radius 1 is 1.43 bits per heavy atom. The molecule has 0 aromatic heterocycles. The summed E-state index contributed by atoms with van der Waals surface area (Å²) in [4.78, 5) is 18.9. The molecular weight excluding hydrogens is 96.0 g/mol. The lowest BCUT2D eigenvalue weighted by molar-refractivity contribution is 0.196. The van der Waals surface area contributed by atoms with Crippen molar-refractivity contribution in [2.45, 2.75) is 6.10 Å². The summed E-state index contributed by atoms with van der Waals surface area (Å²) >= 11 is 0. The van der Waals surface area contributed by atoms with Crippen LogP contribution < -0.4 is 0 Å². The van der Waals surface area contributed by atoms with Crippen molar-refractivity contribution < 1.29 is 14.3 Å². The molecule has 0 aliphatic carbocycles. The normalized spacial score (nSPS) is 8.86. The summed E-state index contributed by atoms with van der Waals surface area (Å²) in [5, 5.41) is 0. The highest BCUT2D eigenvalue weighted by molar-refractivity contribution is 5.81. The van der Waals surface area contributed by atoms with Gasteiger partial charge in [0.2, 0.25) is 12.6 Å². The highest BCUT2D eigenvalue weighted by atomic mass is 16.5. The lowest BCUT2D eigenvalue weighted by Crippen LogP contribution is -2.12. The van der Waals surface area contributed by atoms with Gasteiger partial charge < -0.3 is 4.74 Å². The molecule has 0 spiro atoms. The molecule has 0 N–H and O–H groups in total. The van der Waals surface area contributed by atoms with E-state index < -0.39 is 6.10 Å². The standard InChI is InChI=1S/C4H4O3/c1-7-4(2-5)3-6/h4H,1H3. The van der Waals surface area contributed by atoms with Crippen LogP contribution in [0.5, 0.6) is 0 Å². The first kappa shape index (κ1) is 6.30. The molecule has 0 aliphatic rings. The van der Waals surface area contributed by atoms with E-state index in [1.165, 1.54) is 19.7 Å². The summed E-state index contributed by atoms with van der Waals surface area (Å²) in [5.74, 6) is 0. The predicted octanol–water partition coefficient (Wildman–Crippen LogP) is -0.779. The second kappa shape index (κ2) is 3.49. The molecule has 0 unspecified atom stereocenters. The maximum atomic E-state index is 9.45. The van der Waals surface area contributed by atoms with Gasteiger partial charge in [-0.3, -0.25) is 9.59 Å². The van der Waals surface area contributed by atoms with Crippen molar-refractivity contribution in [1.82, 2.24) is 0 Å². The van der Waals surface area contributed by atoms with Gasteiger partial charge in [-0.05, 0) is 0 Å². The molecule has 0 amide bonds. The van der Waals surface area contributed by atoms with E-state index >= 15 is 0 Å². The molecule has 0 aromatic rings. The Hall–Kier alpha value is -0.700. The quantitative estimate of drug-likeness (QED) is 0.437. The Morgan fingerprint density at radius 2 is 1.86 bits per heavy atom. The Balaban J connectivity index is 3.36. The SMILES string of the molecule is COC([C]=O)[C]=O. The Kier molecular flexibility index (Phi) is 3.14. The van der Waals surface area contributed by atoms with Crippen LogP contribution in [0.1, 0.15) is 0 Å². The molecule has 0 saturated heterocycles. The lowest BCUT2D eigenvalue weighted by Gasteiger charge is -1.89. The predicted molar refractivity (Wildman–Crippen MR) is 22.2 cm³/mol. The molecule has 0 aliphatic heterocycles. The summed E-state index contributed by atoms with van der Waals surface area (Å²) in [6.45, 7) is 0. The molecule has 7 heavy (non-hydrogen) atoms. The average Bonchev–Trinajstić information content (AvgIpc) is 1.72. The highest BCUT2D eigenvalue weighted by Crippen LogP contribution is 1.73. The van der Waals surface area contributed by atoms with Gasteiger partial charge >= 0.3 is 0 Å². The first-order valence-electron chi connectivity index (χ1n) is 1.63. The summed E-state index contributed by atoms with van der Waals surface area (Å²) in [5.41, 5.74) is 0. The molecule has 0 saturated carbocycles. The largest absolute Gasteiger partial charge is 0.365 e. The van der Waals surface area contributed by atoms with Crippen LogP contribution in [0, 0.1) is 0 Å². The van der Waals surface area contributed by atoms with E-state index in [9.17, 15) is 9.59 Å². The molecule has 0 bridgehead atoms. The first-order valence-corrected chi connectivity index (χ1v) is 1.63. The molecule has 3 nitrogen and oxygen atoms in total. The van der Waals surface area contributed by atoms with E-state index in [0.29, 0.717) is 0 Å². The molecule has 38 valence electrons. The Bertz CT molecular complexity index is 61.3. The fourth-order valence-electron chi connectivity index (χ4n) is 0.120. The Labute approximate surface area is 41.3 Å². The number of ether oxygens (including phenoxy) is 1. The highest BCUT2D eigenvalue weighted by Gasteiger charge is 2.01. The van der Waals surface area contributed by atoms with Crippen LogP contribution in [-0.4, -0.2) is 25.8 Å². The van der Waals surface area contributed by atoms with Crippen LogP contribution in [0.4, 0.5) is 0 Å². The van der Waals surface area contributed by atoms with Crippen LogP contribution in [-0.2, 0) is 14.3 Å². The molecule has 0 atom stereocenters. The fraction of sp³-hybridized carbons (Fsp3) is 0.500. The third kappa shape index (κ3) is 2.05. The minimum absolute atomic E-state index is 1.13. The van der Waals surface area contributed by atoms with Gasteiger partial charge in [0.25, 0.3) is 0 Å². The van der Waals surface area contributed by atoms with Crippen LogP contribution in [0.3, 0.4) is 0 Å². The number of carbonyl (C=O) groups excluding carboxylic acids is 2. The van der Waals surface area contributed by atoms with Crippen LogP contribution in [0.15, 0.2) is 0 Å². The van der Waals surface area contributed by atoms with E-state index in [1.54, 1.807) is 0 Å². The third-order valence-corrected chi connectivity index (χ3v) is 0.450. The van der Waals surface area contributed by atoms with E-state index in [1.807, 2.05) is 0 Å². The van der Waals surface area contributed by atoms with Crippen molar-refractivity contribution in [2.24, 2.45) is 0 Å². The monoisotopic (exact) mass is 100 g/mol. The van der Waals surface area contributed by atoms with Crippen molar-refractivity contribution in [1.29, 1.82) is 0 Å². The smallest absolute Gasteiger partial charge is 0.238 e. The number of hydrogen-bond donors (Lipinski definition) is 0. The van der Waals surface area contributed by atoms with Crippen LogP contribution >= 0.6 is 0 Å². The number of hydrogen-bond acceptors (Lipinski definition) is 3. The lowest BCUT2D eigenvalue weighted by atomic mass is 10.4. The molecule has 0 fully saturated rings. The maximum absolute atomic E-state index is 9.45. The second-order valence-electron chi connectivity index (χ2n) is 0.851. The van der Waals surface area contributed by atoms with E-state index in [4.69, 9.17) is 0 Å². The van der Waals surface area contributed by atoms with Crippen LogP contribution in [0.2, 0.25) is 0 Å². The third-order valence-electron chi connectivity index (χ3n) is 0.450. The summed E-state index contributed by atoms with van der Waals surface area (Å²) in [6, 6.07) is 0. The Morgan fingerprint density at radius 3 is 1.86 bits per heavy atom. The summed E-state index contributed by atoms with van der Waals surface area (Å²) in [7, 11) is 1.24. The molecule has 0 rings (SSSR count). The van der Waals surface area contributed by atoms with Crippen molar-refractivity contribution >= 4 is 12.6 Å². The van der Waals surface area contributed by atoms with Crippen molar-refractivity contribution in [3.63, 3.8) is 0 Å². The summed E-state index contributed by atoms with van der Waals surface area (Å²) < 4.78 is 4.20. The van der Waals surface area contributed by atoms with E-state index in [0.717, 1.165) is 0 Å². The van der Waals surface area contributed by atoms with Gasteiger partial charge in [-0.25, -0.2) is 0 Å². The maximum Gasteiger partial charge on any atom is 0.238 e. The van der Waals surface area contributed by atoms with Gasteiger partial charge in [0, 0.05) is 7.11 Å². The zero-order valence-corrected chi connectivity index (χ0v) is 3.80. The van der Waals surface area contributed by atoms with Gasteiger partial charge in [0.15, 0.2) is 6.10 Å². The van der Waals surface area contributed by atoms with Gasteiger partial charge in [-0.15, -0.1) is 0 Å². The van der Waals surface area contributed by atoms with Crippen molar-refractivity contribution in [2.75, 3.05) is 7.11 Å². The number of methoxy groups -OCH3 is 1. The molecule has 3 heteroatoms. The second-order valence-corrected chi connectivity index (χ2v) is 0.851. The zero-order valence-electron chi connectivity index (χ0n) is 3.80. The molecule has 0 aromatic carbocycles. The molecular formula is C4H4O3. The molecule has 0 heterocycles.